The summed E-state index contributed by atoms with van der Waals surface area (Å²) in [6, 6.07) is 107. The molecule has 4 heteroatoms. The van der Waals surface area contributed by atoms with E-state index in [2.05, 4.69) is 284 Å². The molecule has 330 valence electrons. The first kappa shape index (κ1) is 41.6. The van der Waals surface area contributed by atoms with Gasteiger partial charge in [0, 0.05) is 27.2 Å². The summed E-state index contributed by atoms with van der Waals surface area (Å²) in [5.74, 6) is 0. The largest absolute Gasteiger partial charge is 0.456 e. The molecule has 0 radical (unpaired) electrons. The van der Waals surface area contributed by atoms with Crippen molar-refractivity contribution >= 4 is 101 Å². The molecule has 2 heterocycles. The number of hydrogen-bond donors (Lipinski definition) is 0. The molecule has 0 spiro atoms. The normalized spacial score (nSPS) is 12.0. The predicted molar refractivity (Wildman–Crippen MR) is 301 cm³/mol. The van der Waals surface area contributed by atoms with E-state index < -0.39 is 16.1 Å². The fourth-order valence-electron chi connectivity index (χ4n) is 11.7. The summed E-state index contributed by atoms with van der Waals surface area (Å²) in [7, 11) is -6.19. The highest BCUT2D eigenvalue weighted by molar-refractivity contribution is 7.22. The molecule has 0 aliphatic carbocycles. The van der Waals surface area contributed by atoms with Gasteiger partial charge in [-0.1, -0.05) is 243 Å². The summed E-state index contributed by atoms with van der Waals surface area (Å²) in [5, 5.41) is 15.4. The Hall–Kier alpha value is -8.55. The molecule has 0 saturated carbocycles. The molecule has 0 fully saturated rings. The van der Waals surface area contributed by atoms with E-state index in [0.29, 0.717) is 0 Å². The van der Waals surface area contributed by atoms with Gasteiger partial charge in [0.2, 0.25) is 0 Å². The van der Waals surface area contributed by atoms with E-state index in [1.165, 1.54) is 63.3 Å². The molecule has 0 aliphatic rings. The van der Waals surface area contributed by atoms with Gasteiger partial charge in [-0.05, 0) is 95.1 Å². The lowest BCUT2D eigenvalue weighted by Crippen LogP contribution is -2.78. The summed E-state index contributed by atoms with van der Waals surface area (Å²) in [6.45, 7) is 0. The highest BCUT2D eigenvalue weighted by Gasteiger charge is 2.46. The molecule has 70 heavy (non-hydrogen) atoms. The van der Waals surface area contributed by atoms with Gasteiger partial charge in [-0.25, -0.2) is 0 Å². The number of fused-ring (bicyclic) bond motifs is 6. The molecule has 0 amide bonds. The predicted octanol–water partition coefficient (Wildman–Crippen LogP) is 11.1. The summed E-state index contributed by atoms with van der Waals surface area (Å²) in [4.78, 5) is 0. The van der Waals surface area contributed by atoms with Crippen LogP contribution in [0.5, 0.6) is 0 Å². The van der Waals surface area contributed by atoms with E-state index >= 15 is 0 Å². The molecule has 0 atom stereocenters. The van der Waals surface area contributed by atoms with Crippen LogP contribution in [0.25, 0.3) is 60.6 Å². The lowest BCUT2D eigenvalue weighted by Gasteiger charge is -2.38. The van der Waals surface area contributed by atoms with Crippen LogP contribution in [-0.4, -0.2) is 20.7 Å². The average molecular weight is 926 g/mol. The Morgan fingerprint density at radius 2 is 0.671 bits per heavy atom. The van der Waals surface area contributed by atoms with Gasteiger partial charge in [0.25, 0.3) is 0 Å². The van der Waals surface area contributed by atoms with Crippen molar-refractivity contribution in [3.05, 3.63) is 285 Å². The van der Waals surface area contributed by atoms with Gasteiger partial charge >= 0.3 is 0 Å². The lowest BCUT2D eigenvalue weighted by atomic mass is 9.98. The zero-order chi connectivity index (χ0) is 46.5. The molecule has 2 aromatic heterocycles. The van der Waals surface area contributed by atoms with Crippen LogP contribution in [-0.2, 0) is 0 Å². The van der Waals surface area contributed by atoms with E-state index in [1.807, 2.05) is 6.07 Å². The van der Waals surface area contributed by atoms with Crippen LogP contribution in [0.1, 0.15) is 0 Å². The van der Waals surface area contributed by atoms with Crippen LogP contribution in [0.2, 0.25) is 0 Å². The lowest BCUT2D eigenvalue weighted by molar-refractivity contribution is 0.669. The zero-order valence-corrected chi connectivity index (χ0v) is 40.5. The van der Waals surface area contributed by atoms with Crippen molar-refractivity contribution in [3.63, 3.8) is 0 Å². The second-order valence-corrected chi connectivity index (χ2v) is 25.9. The summed E-state index contributed by atoms with van der Waals surface area (Å²) >= 11 is 0. The monoisotopic (exact) mass is 925 g/mol. The first-order valence-corrected chi connectivity index (χ1v) is 28.2. The Balaban J connectivity index is 1.20. The SMILES string of the molecule is c1ccc([Si](c2ccccc2)(c2ccccc2)c2cc(-n3c4ccccc4c4c(-c5ccc6oc7ccccc7c6c5)cccc43)cc([Si](c3ccccc3)(c3ccccc3)c3ccccc3)c2)cc1. The van der Waals surface area contributed by atoms with Crippen LogP contribution in [0, 0.1) is 0 Å². The Kier molecular flexibility index (Phi) is 10.2. The van der Waals surface area contributed by atoms with Crippen LogP contribution >= 0.6 is 0 Å². The maximum absolute atomic E-state index is 6.33. The molecular weight excluding hydrogens is 879 g/mol. The fraction of sp³-hybridized carbons (Fsp3) is 0. The third-order valence-electron chi connectivity index (χ3n) is 14.7. The first-order valence-electron chi connectivity index (χ1n) is 24.2. The quantitative estimate of drug-likeness (QED) is 0.0987. The molecule has 11 aromatic carbocycles. The molecule has 0 N–H and O–H groups in total. The Morgan fingerprint density at radius 1 is 0.271 bits per heavy atom. The Morgan fingerprint density at radius 3 is 1.16 bits per heavy atom. The molecular formula is C66H47NOSi2. The summed E-state index contributed by atoms with van der Waals surface area (Å²) in [5.41, 5.74) is 7.63. The molecule has 0 saturated heterocycles. The zero-order valence-electron chi connectivity index (χ0n) is 38.5. The summed E-state index contributed by atoms with van der Waals surface area (Å²) in [6.07, 6.45) is 0. The highest BCUT2D eigenvalue weighted by atomic mass is 28.3. The maximum Gasteiger partial charge on any atom is 0.179 e. The minimum absolute atomic E-state index is 0.898. The first-order chi connectivity index (χ1) is 34.7. The van der Waals surface area contributed by atoms with Gasteiger partial charge in [0.15, 0.2) is 16.1 Å². The van der Waals surface area contributed by atoms with Crippen molar-refractivity contribution in [1.29, 1.82) is 0 Å². The third-order valence-corrected chi connectivity index (χ3v) is 24.2. The van der Waals surface area contributed by atoms with Gasteiger partial charge in [-0.3, -0.25) is 0 Å². The second-order valence-electron chi connectivity index (χ2n) is 18.3. The number of hydrogen-bond acceptors (Lipinski definition) is 1. The van der Waals surface area contributed by atoms with Crippen molar-refractivity contribution < 1.29 is 4.42 Å². The van der Waals surface area contributed by atoms with Crippen molar-refractivity contribution in [2.45, 2.75) is 0 Å². The second kappa shape index (κ2) is 17.2. The van der Waals surface area contributed by atoms with Crippen molar-refractivity contribution in [3.8, 4) is 16.8 Å². The minimum Gasteiger partial charge on any atom is -0.456 e. The number of furan rings is 1. The number of benzene rings is 11. The van der Waals surface area contributed by atoms with Gasteiger partial charge in [0.1, 0.15) is 11.2 Å². The number of para-hydroxylation sites is 2. The van der Waals surface area contributed by atoms with Crippen molar-refractivity contribution in [2.24, 2.45) is 0 Å². The van der Waals surface area contributed by atoms with E-state index in [-0.39, 0.29) is 0 Å². The van der Waals surface area contributed by atoms with E-state index in [1.54, 1.807) is 0 Å². The Bertz CT molecular complexity index is 3640. The van der Waals surface area contributed by atoms with Gasteiger partial charge in [-0.2, -0.15) is 0 Å². The standard InChI is InChI=1S/C66H47NOSi2/c1-7-24-50(25-8-1)69(51-26-9-2-10-27-51,52-28-11-3-12-29-52)56-45-49(46-57(47-56)70(53-30-13-4-14-31-53,54-32-15-5-16-33-54)55-34-17-6-18-35-55)67-62-39-21-19-37-60(62)66-58(38-23-40-63(66)67)48-42-43-65-61(44-48)59-36-20-22-41-64(59)68-65/h1-47H. The van der Waals surface area contributed by atoms with E-state index in [0.717, 1.165) is 38.7 Å². The van der Waals surface area contributed by atoms with Crippen LogP contribution in [0.3, 0.4) is 0 Å². The number of rotatable bonds is 10. The van der Waals surface area contributed by atoms with Crippen LogP contribution in [0.4, 0.5) is 0 Å². The molecule has 0 aliphatic heterocycles. The smallest absolute Gasteiger partial charge is 0.179 e. The minimum atomic E-state index is -3.10. The van der Waals surface area contributed by atoms with Crippen LogP contribution < -0.4 is 41.5 Å². The topological polar surface area (TPSA) is 18.1 Å². The highest BCUT2D eigenvalue weighted by Crippen LogP contribution is 2.40. The van der Waals surface area contributed by atoms with Crippen molar-refractivity contribution in [2.75, 3.05) is 0 Å². The fourth-order valence-corrected chi connectivity index (χ4v) is 21.5. The molecule has 13 aromatic rings. The molecule has 2 nitrogen and oxygen atoms in total. The molecule has 0 bridgehead atoms. The van der Waals surface area contributed by atoms with Gasteiger partial charge < -0.3 is 8.98 Å². The summed E-state index contributed by atoms with van der Waals surface area (Å²) < 4.78 is 8.90. The van der Waals surface area contributed by atoms with E-state index in [9.17, 15) is 0 Å². The molecule has 0 unspecified atom stereocenters. The average Bonchev–Trinajstić information content (AvgIpc) is 3.99. The van der Waals surface area contributed by atoms with Crippen LogP contribution in [0.15, 0.2) is 290 Å². The van der Waals surface area contributed by atoms with E-state index in [4.69, 9.17) is 4.42 Å². The number of nitrogens with zero attached hydrogens (tertiary/aromatic N) is 1. The maximum atomic E-state index is 6.33. The van der Waals surface area contributed by atoms with Gasteiger partial charge in [-0.15, -0.1) is 0 Å². The van der Waals surface area contributed by atoms with Gasteiger partial charge in [0.05, 0.1) is 11.0 Å². The van der Waals surface area contributed by atoms with Crippen molar-refractivity contribution in [1.82, 2.24) is 4.57 Å². The third kappa shape index (κ3) is 6.52. The Labute approximate surface area is 410 Å². The number of aromatic nitrogens is 1. The molecule has 13 rings (SSSR count).